The Bertz CT molecular complexity index is 660. The van der Waals surface area contributed by atoms with Crippen LogP contribution in [0, 0.1) is 6.92 Å². The number of rotatable bonds is 0. The summed E-state index contributed by atoms with van der Waals surface area (Å²) in [4.78, 5) is 4.45. The number of aryl methyl sites for hydroxylation is 2. The molecule has 2 aromatic heterocycles. The Morgan fingerprint density at radius 3 is 2.60 bits per heavy atom. The van der Waals surface area contributed by atoms with Crippen molar-refractivity contribution in [2.75, 3.05) is 5.73 Å². The van der Waals surface area contributed by atoms with Gasteiger partial charge in [-0.1, -0.05) is 12.1 Å². The molecule has 1 aromatic carbocycles. The number of nitrogens with two attached hydrogens (primary N) is 1. The van der Waals surface area contributed by atoms with E-state index in [0.717, 1.165) is 28.3 Å². The Labute approximate surface area is 86.9 Å². The van der Waals surface area contributed by atoms with Crippen LogP contribution in [0.4, 0.5) is 5.82 Å². The van der Waals surface area contributed by atoms with Crippen LogP contribution in [-0.2, 0) is 7.05 Å². The average molecular weight is 200 g/mol. The van der Waals surface area contributed by atoms with Crippen molar-refractivity contribution in [1.82, 2.24) is 14.0 Å². The van der Waals surface area contributed by atoms with E-state index in [9.17, 15) is 0 Å². The Morgan fingerprint density at radius 1 is 1.20 bits per heavy atom. The Hall–Kier alpha value is -1.97. The van der Waals surface area contributed by atoms with Gasteiger partial charge in [-0.2, -0.15) is 0 Å². The molecule has 76 valence electrons. The van der Waals surface area contributed by atoms with Gasteiger partial charge >= 0.3 is 0 Å². The first kappa shape index (κ1) is 8.35. The summed E-state index contributed by atoms with van der Waals surface area (Å²) in [7, 11) is 2.00. The van der Waals surface area contributed by atoms with Crippen LogP contribution in [0.15, 0.2) is 24.3 Å². The quantitative estimate of drug-likeness (QED) is 0.600. The summed E-state index contributed by atoms with van der Waals surface area (Å²) in [6.07, 6.45) is 0. The molecule has 0 saturated heterocycles. The lowest BCUT2D eigenvalue weighted by molar-refractivity contribution is 0.968. The van der Waals surface area contributed by atoms with Crippen LogP contribution in [-0.4, -0.2) is 14.0 Å². The molecule has 2 heterocycles. The van der Waals surface area contributed by atoms with E-state index in [1.54, 1.807) is 0 Å². The molecule has 15 heavy (non-hydrogen) atoms. The maximum atomic E-state index is 6.00. The molecule has 0 unspecified atom stereocenters. The fourth-order valence-electron chi connectivity index (χ4n) is 2.03. The van der Waals surface area contributed by atoms with Gasteiger partial charge in [0.1, 0.15) is 5.82 Å². The molecular formula is C11H12N4. The second-order valence-electron chi connectivity index (χ2n) is 3.77. The summed E-state index contributed by atoms with van der Waals surface area (Å²) < 4.78 is 4.04. The highest BCUT2D eigenvalue weighted by Crippen LogP contribution is 2.23. The van der Waals surface area contributed by atoms with Crippen molar-refractivity contribution in [1.29, 1.82) is 0 Å². The number of nitrogens with zero attached hydrogens (tertiary/aromatic N) is 3. The molecule has 0 bridgehead atoms. The van der Waals surface area contributed by atoms with E-state index in [1.807, 2.05) is 30.5 Å². The van der Waals surface area contributed by atoms with Gasteiger partial charge in [-0.05, 0) is 19.1 Å². The number of nitrogen functional groups attached to an aromatic ring is 1. The van der Waals surface area contributed by atoms with Gasteiger partial charge in [0.15, 0.2) is 0 Å². The monoisotopic (exact) mass is 200 g/mol. The van der Waals surface area contributed by atoms with Crippen LogP contribution in [0.3, 0.4) is 0 Å². The summed E-state index contributed by atoms with van der Waals surface area (Å²) in [5.74, 6) is 1.62. The van der Waals surface area contributed by atoms with E-state index in [4.69, 9.17) is 5.73 Å². The highest BCUT2D eigenvalue weighted by atomic mass is 15.2. The van der Waals surface area contributed by atoms with Crippen LogP contribution in [0.5, 0.6) is 0 Å². The van der Waals surface area contributed by atoms with Crippen molar-refractivity contribution in [2.24, 2.45) is 7.05 Å². The van der Waals surface area contributed by atoms with Crippen molar-refractivity contribution in [3.8, 4) is 0 Å². The lowest BCUT2D eigenvalue weighted by atomic mass is 10.3. The van der Waals surface area contributed by atoms with Gasteiger partial charge < -0.3 is 10.3 Å². The molecule has 0 aliphatic rings. The number of hydrogen-bond donors (Lipinski definition) is 1. The third kappa shape index (κ3) is 0.883. The van der Waals surface area contributed by atoms with E-state index >= 15 is 0 Å². The maximum Gasteiger partial charge on any atom is 0.216 e. The van der Waals surface area contributed by atoms with Gasteiger partial charge in [0.2, 0.25) is 5.78 Å². The van der Waals surface area contributed by atoms with E-state index in [-0.39, 0.29) is 0 Å². The molecular weight excluding hydrogens is 188 g/mol. The molecule has 4 nitrogen and oxygen atoms in total. The molecule has 0 aliphatic heterocycles. The first-order valence-electron chi connectivity index (χ1n) is 4.88. The zero-order chi connectivity index (χ0) is 10.6. The fraction of sp³-hybridized carbons (Fsp3) is 0.182. The molecule has 0 aliphatic carbocycles. The largest absolute Gasteiger partial charge is 0.383 e. The number of fused-ring (bicyclic) bond motifs is 3. The summed E-state index contributed by atoms with van der Waals surface area (Å²) in [6, 6.07) is 8.15. The third-order valence-corrected chi connectivity index (χ3v) is 2.86. The normalized spacial score (nSPS) is 11.6. The van der Waals surface area contributed by atoms with E-state index in [1.165, 1.54) is 0 Å². The zero-order valence-corrected chi connectivity index (χ0v) is 8.73. The number of anilines is 1. The molecule has 0 saturated carbocycles. The molecule has 3 rings (SSSR count). The first-order valence-corrected chi connectivity index (χ1v) is 4.88. The number of benzene rings is 1. The van der Waals surface area contributed by atoms with Gasteiger partial charge in [0, 0.05) is 7.05 Å². The number of aromatic nitrogens is 3. The molecule has 0 spiro atoms. The van der Waals surface area contributed by atoms with Gasteiger partial charge in [-0.3, -0.25) is 4.40 Å². The minimum Gasteiger partial charge on any atom is -0.383 e. The van der Waals surface area contributed by atoms with Crippen molar-refractivity contribution >= 4 is 22.6 Å². The molecule has 0 radical (unpaired) electrons. The fourth-order valence-corrected chi connectivity index (χ4v) is 2.03. The summed E-state index contributed by atoms with van der Waals surface area (Å²) in [5, 5.41) is 0. The average Bonchev–Trinajstić information content (AvgIpc) is 2.68. The zero-order valence-electron chi connectivity index (χ0n) is 8.73. The van der Waals surface area contributed by atoms with Crippen molar-refractivity contribution in [3.63, 3.8) is 0 Å². The van der Waals surface area contributed by atoms with Crippen molar-refractivity contribution in [2.45, 2.75) is 6.92 Å². The van der Waals surface area contributed by atoms with Gasteiger partial charge in [-0.15, -0.1) is 0 Å². The third-order valence-electron chi connectivity index (χ3n) is 2.86. The second-order valence-corrected chi connectivity index (χ2v) is 3.77. The Kier molecular flexibility index (Phi) is 1.41. The molecule has 2 N–H and O–H groups in total. The lowest BCUT2D eigenvalue weighted by Gasteiger charge is -1.94. The van der Waals surface area contributed by atoms with E-state index in [0.29, 0.717) is 0 Å². The second kappa shape index (κ2) is 2.53. The number of para-hydroxylation sites is 2. The smallest absolute Gasteiger partial charge is 0.216 e. The topological polar surface area (TPSA) is 48.2 Å². The predicted molar refractivity (Wildman–Crippen MR) is 60.8 cm³/mol. The minimum absolute atomic E-state index is 0.724. The van der Waals surface area contributed by atoms with Crippen LogP contribution >= 0.6 is 0 Å². The highest BCUT2D eigenvalue weighted by Gasteiger charge is 2.13. The van der Waals surface area contributed by atoms with Crippen molar-refractivity contribution in [3.05, 3.63) is 30.0 Å². The van der Waals surface area contributed by atoms with E-state index in [2.05, 4.69) is 21.7 Å². The number of imidazole rings is 2. The molecule has 0 fully saturated rings. The van der Waals surface area contributed by atoms with Crippen LogP contribution in [0.25, 0.3) is 16.8 Å². The SMILES string of the molecule is Cc1nc2n(C)c3ccccc3n2c1N. The van der Waals surface area contributed by atoms with E-state index < -0.39 is 0 Å². The van der Waals surface area contributed by atoms with Crippen molar-refractivity contribution < 1.29 is 0 Å². The molecule has 0 atom stereocenters. The lowest BCUT2D eigenvalue weighted by Crippen LogP contribution is -1.92. The molecule has 3 aromatic rings. The van der Waals surface area contributed by atoms with Crippen LogP contribution < -0.4 is 5.73 Å². The van der Waals surface area contributed by atoms with Gasteiger partial charge in [-0.25, -0.2) is 4.98 Å². The van der Waals surface area contributed by atoms with Gasteiger partial charge in [0.05, 0.1) is 16.7 Å². The standard InChI is InChI=1S/C11H12N4/c1-7-10(12)15-9-6-4-3-5-8(9)14(2)11(15)13-7/h3-6H,12H2,1-2H3. The van der Waals surface area contributed by atoms with Crippen LogP contribution in [0.1, 0.15) is 5.69 Å². The minimum atomic E-state index is 0.724. The molecule has 4 heteroatoms. The summed E-state index contributed by atoms with van der Waals surface area (Å²) in [6.45, 7) is 1.93. The molecule has 0 amide bonds. The van der Waals surface area contributed by atoms with Crippen LogP contribution in [0.2, 0.25) is 0 Å². The summed E-state index contributed by atoms with van der Waals surface area (Å²) >= 11 is 0. The predicted octanol–water partition coefficient (Wildman–Crippen LogP) is 1.72. The highest BCUT2D eigenvalue weighted by molar-refractivity contribution is 5.83. The Balaban J connectivity index is 2.68. The first-order chi connectivity index (χ1) is 7.20. The Morgan fingerprint density at radius 2 is 1.87 bits per heavy atom. The maximum absolute atomic E-state index is 6.00. The summed E-state index contributed by atoms with van der Waals surface area (Å²) in [5.41, 5.74) is 9.14. The number of hydrogen-bond acceptors (Lipinski definition) is 2. The van der Waals surface area contributed by atoms with Gasteiger partial charge in [0.25, 0.3) is 0 Å².